The van der Waals surface area contributed by atoms with Crippen LogP contribution in [-0.2, 0) is 4.74 Å². The molecule has 5 nitrogen and oxygen atoms in total. The van der Waals surface area contributed by atoms with Crippen LogP contribution in [0.2, 0.25) is 5.15 Å². The summed E-state index contributed by atoms with van der Waals surface area (Å²) < 4.78 is 9.81. The highest BCUT2D eigenvalue weighted by Crippen LogP contribution is 2.19. The van der Waals surface area contributed by atoms with Crippen LogP contribution in [0, 0.1) is 11.8 Å². The summed E-state index contributed by atoms with van der Waals surface area (Å²) in [7, 11) is 1.66. The molecule has 2 aromatic carbocycles. The average Bonchev–Trinajstić information content (AvgIpc) is 3.21. The van der Waals surface area contributed by atoms with E-state index < -0.39 is 0 Å². The number of nitrogens with one attached hydrogen (secondary N) is 1. The highest BCUT2D eigenvalue weighted by molar-refractivity contribution is 6.29. The van der Waals surface area contributed by atoms with Gasteiger partial charge in [0.15, 0.2) is 0 Å². The quantitative estimate of drug-likeness (QED) is 0.498. The van der Waals surface area contributed by atoms with Crippen LogP contribution in [0.15, 0.2) is 72.9 Å². The molecule has 1 amide bonds. The van der Waals surface area contributed by atoms with Gasteiger partial charge < -0.3 is 14.8 Å². The zero-order chi connectivity index (χ0) is 20.5. The summed E-state index contributed by atoms with van der Waals surface area (Å²) >= 11 is 5.73. The van der Waals surface area contributed by atoms with E-state index in [1.54, 1.807) is 19.4 Å². The Balaban J connectivity index is 0.000000252. The number of carbonyl (C=O) groups is 1. The van der Waals surface area contributed by atoms with Crippen molar-refractivity contribution >= 4 is 17.7 Å². The number of rotatable bonds is 2. The topological polar surface area (TPSA) is 60.5 Å². The van der Waals surface area contributed by atoms with Crippen molar-refractivity contribution in [1.82, 2.24) is 10.3 Å². The minimum Gasteiger partial charge on any atom is -0.497 e. The Hall–Kier alpha value is -3.49. The summed E-state index contributed by atoms with van der Waals surface area (Å²) in [6.45, 7) is 0.344. The van der Waals surface area contributed by atoms with Crippen molar-refractivity contribution in [2.45, 2.75) is 6.04 Å². The van der Waals surface area contributed by atoms with E-state index in [-0.39, 0.29) is 12.1 Å². The summed E-state index contributed by atoms with van der Waals surface area (Å²) in [6.07, 6.45) is 1.24. The first-order valence-corrected chi connectivity index (χ1v) is 9.28. The molecule has 4 rings (SSSR count). The van der Waals surface area contributed by atoms with Gasteiger partial charge in [-0.25, -0.2) is 9.78 Å². The molecule has 1 saturated heterocycles. The first kappa shape index (κ1) is 20.2. The van der Waals surface area contributed by atoms with Crippen LogP contribution in [0.5, 0.6) is 5.75 Å². The third-order valence-electron chi connectivity index (χ3n) is 4.02. The SMILES string of the molecule is COc1ccccc1.O=C1N[C@H](c2cccc(C#Cc3ccc(Cl)nc3)c2)CO1. The van der Waals surface area contributed by atoms with E-state index in [0.29, 0.717) is 11.8 Å². The summed E-state index contributed by atoms with van der Waals surface area (Å²) in [5.41, 5.74) is 2.63. The minimum atomic E-state index is -0.385. The smallest absolute Gasteiger partial charge is 0.407 e. The van der Waals surface area contributed by atoms with Gasteiger partial charge in [-0.2, -0.15) is 0 Å². The van der Waals surface area contributed by atoms with Crippen molar-refractivity contribution in [2.24, 2.45) is 0 Å². The van der Waals surface area contributed by atoms with Gasteiger partial charge in [-0.05, 0) is 42.0 Å². The standard InChI is InChI=1S/C16H11ClN2O2.C7H8O/c17-15-7-6-12(9-18-15)5-4-11-2-1-3-13(8-11)14-10-21-16(20)19-14;1-8-7-5-3-2-4-6-7/h1-3,6-9,14H,10H2,(H,19,20);2-6H,1H3/t14-;/m0./s1. The Bertz CT molecular complexity index is 1010. The maximum absolute atomic E-state index is 11.1. The van der Waals surface area contributed by atoms with Crippen LogP contribution >= 0.6 is 11.6 Å². The number of cyclic esters (lactones) is 1. The Morgan fingerprint density at radius 2 is 1.86 bits per heavy atom. The predicted octanol–water partition coefficient (Wildman–Crippen LogP) is 4.61. The van der Waals surface area contributed by atoms with E-state index in [0.717, 1.165) is 22.4 Å². The summed E-state index contributed by atoms with van der Waals surface area (Å²) in [5, 5.41) is 3.19. The largest absolute Gasteiger partial charge is 0.497 e. The molecule has 0 spiro atoms. The van der Waals surface area contributed by atoms with Crippen molar-refractivity contribution in [3.8, 4) is 17.6 Å². The first-order valence-electron chi connectivity index (χ1n) is 8.90. The second-order valence-electron chi connectivity index (χ2n) is 6.06. The van der Waals surface area contributed by atoms with E-state index in [1.807, 2.05) is 60.7 Å². The van der Waals surface area contributed by atoms with Gasteiger partial charge in [0.25, 0.3) is 0 Å². The summed E-state index contributed by atoms with van der Waals surface area (Å²) in [5.74, 6) is 7.00. The number of methoxy groups -OCH3 is 1. The molecular weight excluding hydrogens is 388 g/mol. The van der Waals surface area contributed by atoms with E-state index in [2.05, 4.69) is 22.1 Å². The van der Waals surface area contributed by atoms with Crippen molar-refractivity contribution in [3.63, 3.8) is 0 Å². The Morgan fingerprint density at radius 1 is 1.07 bits per heavy atom. The van der Waals surface area contributed by atoms with Crippen LogP contribution in [0.1, 0.15) is 22.7 Å². The highest BCUT2D eigenvalue weighted by atomic mass is 35.5. The van der Waals surface area contributed by atoms with Gasteiger partial charge in [0.2, 0.25) is 0 Å². The van der Waals surface area contributed by atoms with Gasteiger partial charge >= 0.3 is 6.09 Å². The Morgan fingerprint density at radius 3 is 2.48 bits per heavy atom. The molecule has 1 aliphatic rings. The van der Waals surface area contributed by atoms with Crippen LogP contribution in [-0.4, -0.2) is 24.8 Å². The number of nitrogens with zero attached hydrogens (tertiary/aromatic N) is 1. The van der Waals surface area contributed by atoms with Gasteiger partial charge in [0, 0.05) is 17.3 Å². The maximum Gasteiger partial charge on any atom is 0.407 e. The van der Waals surface area contributed by atoms with Crippen molar-refractivity contribution in [1.29, 1.82) is 0 Å². The highest BCUT2D eigenvalue weighted by Gasteiger charge is 2.23. The molecule has 0 unspecified atom stereocenters. The van der Waals surface area contributed by atoms with Crippen LogP contribution in [0.4, 0.5) is 4.79 Å². The molecule has 0 bridgehead atoms. The van der Waals surface area contributed by atoms with Crippen molar-refractivity contribution in [2.75, 3.05) is 13.7 Å². The summed E-state index contributed by atoms with van der Waals surface area (Å²) in [6, 6.07) is 20.8. The molecule has 0 aliphatic carbocycles. The van der Waals surface area contributed by atoms with E-state index in [9.17, 15) is 4.79 Å². The monoisotopic (exact) mass is 406 g/mol. The lowest BCUT2D eigenvalue weighted by Crippen LogP contribution is -2.18. The first-order chi connectivity index (χ1) is 14.1. The second-order valence-corrected chi connectivity index (χ2v) is 6.44. The molecule has 146 valence electrons. The van der Waals surface area contributed by atoms with Gasteiger partial charge in [-0.1, -0.05) is 53.8 Å². The lowest BCUT2D eigenvalue weighted by Gasteiger charge is -2.07. The molecule has 1 atom stereocenters. The third kappa shape index (κ3) is 6.27. The van der Waals surface area contributed by atoms with E-state index >= 15 is 0 Å². The van der Waals surface area contributed by atoms with Crippen LogP contribution in [0.25, 0.3) is 0 Å². The molecule has 6 heteroatoms. The van der Waals surface area contributed by atoms with Crippen LogP contribution < -0.4 is 10.1 Å². The molecule has 1 N–H and O–H groups in total. The molecule has 1 aromatic heterocycles. The zero-order valence-electron chi connectivity index (χ0n) is 15.8. The number of benzene rings is 2. The molecule has 0 saturated carbocycles. The lowest BCUT2D eigenvalue weighted by atomic mass is 10.0. The number of alkyl carbamates (subject to hydrolysis) is 1. The minimum absolute atomic E-state index is 0.114. The number of ether oxygens (including phenoxy) is 2. The van der Waals surface area contributed by atoms with Crippen LogP contribution in [0.3, 0.4) is 0 Å². The predicted molar refractivity (Wildman–Crippen MR) is 112 cm³/mol. The van der Waals surface area contributed by atoms with Crippen molar-refractivity contribution < 1.29 is 14.3 Å². The zero-order valence-corrected chi connectivity index (χ0v) is 16.5. The maximum atomic E-state index is 11.1. The molecule has 1 aliphatic heterocycles. The fraction of sp³-hybridized carbons (Fsp3) is 0.130. The number of aromatic nitrogens is 1. The fourth-order valence-electron chi connectivity index (χ4n) is 2.55. The second kappa shape index (κ2) is 10.2. The van der Waals surface area contributed by atoms with Gasteiger partial charge in [0.05, 0.1) is 13.2 Å². The molecule has 29 heavy (non-hydrogen) atoms. The molecular formula is C23H19ClN2O3. The fourth-order valence-corrected chi connectivity index (χ4v) is 2.66. The Kier molecular flexibility index (Phi) is 7.10. The van der Waals surface area contributed by atoms with Gasteiger partial charge in [0.1, 0.15) is 17.5 Å². The van der Waals surface area contributed by atoms with Crippen molar-refractivity contribution in [3.05, 3.63) is 94.8 Å². The normalized spacial score (nSPS) is 14.4. The third-order valence-corrected chi connectivity index (χ3v) is 4.24. The number of carbonyl (C=O) groups excluding carboxylic acids is 1. The lowest BCUT2D eigenvalue weighted by molar-refractivity contribution is 0.177. The number of amides is 1. The summed E-state index contributed by atoms with van der Waals surface area (Å²) in [4.78, 5) is 15.1. The molecule has 2 heterocycles. The number of halogens is 1. The number of para-hydroxylation sites is 1. The average molecular weight is 407 g/mol. The number of hydrogen-bond acceptors (Lipinski definition) is 4. The van der Waals surface area contributed by atoms with E-state index in [1.165, 1.54) is 0 Å². The van der Waals surface area contributed by atoms with Gasteiger partial charge in [-0.15, -0.1) is 0 Å². The molecule has 3 aromatic rings. The number of pyridine rings is 1. The molecule has 0 radical (unpaired) electrons. The molecule has 1 fully saturated rings. The van der Waals surface area contributed by atoms with Gasteiger partial charge in [-0.3, -0.25) is 0 Å². The van der Waals surface area contributed by atoms with E-state index in [4.69, 9.17) is 21.1 Å². The Labute approximate surface area is 174 Å². The number of hydrogen-bond donors (Lipinski definition) is 1.